The van der Waals surface area contributed by atoms with E-state index in [0.717, 1.165) is 35.2 Å². The maximum Gasteiger partial charge on any atom is 0.249 e. The van der Waals surface area contributed by atoms with Gasteiger partial charge in [-0.15, -0.1) is 10.2 Å². The van der Waals surface area contributed by atoms with E-state index in [0.29, 0.717) is 11.8 Å². The predicted molar refractivity (Wildman–Crippen MR) is 245 cm³/mol. The van der Waals surface area contributed by atoms with E-state index in [9.17, 15) is 0 Å². The van der Waals surface area contributed by atoms with Crippen molar-refractivity contribution in [3.8, 4) is 51.0 Å². The van der Waals surface area contributed by atoms with Crippen molar-refractivity contribution < 1.29 is 4.42 Å². The molecule has 0 aliphatic heterocycles. The van der Waals surface area contributed by atoms with Crippen molar-refractivity contribution >= 4 is 21.8 Å². The number of rotatable bonds is 14. The molecule has 3 aromatic heterocycles. The fourth-order valence-electron chi connectivity index (χ4n) is 9.61. The zero-order valence-corrected chi connectivity index (χ0v) is 35.4. The molecule has 59 heavy (non-hydrogen) atoms. The van der Waals surface area contributed by atoms with Gasteiger partial charge >= 0.3 is 0 Å². The van der Waals surface area contributed by atoms with Crippen molar-refractivity contribution in [2.45, 2.75) is 110 Å². The third-order valence-corrected chi connectivity index (χ3v) is 12.8. The SMILES string of the molecule is CCCCCCC1(CCCCCC)c2cc(-c3ccc(-c4nnc(-c5ccc(C(C)(C)C)cc5)o4)cn3)ccc2-c2ccc(-n3c4ccccc4c4ccccc43)cc21. The molecule has 5 aromatic carbocycles. The lowest BCUT2D eigenvalue weighted by Gasteiger charge is -2.33. The van der Waals surface area contributed by atoms with E-state index in [4.69, 9.17) is 9.40 Å². The minimum Gasteiger partial charge on any atom is -0.416 e. The average Bonchev–Trinajstić information content (AvgIpc) is 3.96. The van der Waals surface area contributed by atoms with Crippen LogP contribution in [0.1, 0.15) is 116 Å². The molecule has 0 atom stereocenters. The fraction of sp³-hybridized carbons (Fsp3) is 0.315. The van der Waals surface area contributed by atoms with E-state index >= 15 is 0 Å². The maximum atomic E-state index is 6.18. The molecule has 9 rings (SSSR count). The molecule has 3 heterocycles. The van der Waals surface area contributed by atoms with E-state index in [-0.39, 0.29) is 10.8 Å². The molecule has 0 radical (unpaired) electrons. The van der Waals surface area contributed by atoms with E-state index in [1.165, 1.54) is 107 Å². The van der Waals surface area contributed by atoms with E-state index in [2.05, 4.69) is 171 Å². The van der Waals surface area contributed by atoms with Crippen LogP contribution in [0.15, 0.2) is 132 Å². The van der Waals surface area contributed by atoms with Gasteiger partial charge in [0.1, 0.15) is 0 Å². The second-order valence-corrected chi connectivity index (χ2v) is 17.7. The van der Waals surface area contributed by atoms with Gasteiger partial charge in [0.25, 0.3) is 0 Å². The van der Waals surface area contributed by atoms with Gasteiger partial charge in [0.15, 0.2) is 0 Å². The van der Waals surface area contributed by atoms with Crippen molar-refractivity contribution in [2.75, 3.05) is 0 Å². The zero-order valence-electron chi connectivity index (χ0n) is 35.4. The molecule has 0 fully saturated rings. The summed E-state index contributed by atoms with van der Waals surface area (Å²) >= 11 is 0. The molecule has 0 unspecified atom stereocenters. The topological polar surface area (TPSA) is 56.7 Å². The van der Waals surface area contributed by atoms with E-state index < -0.39 is 0 Å². The van der Waals surface area contributed by atoms with E-state index in [1.807, 2.05) is 6.20 Å². The first kappa shape index (κ1) is 38.7. The molecule has 0 bridgehead atoms. The molecule has 1 aliphatic rings. The van der Waals surface area contributed by atoms with Crippen molar-refractivity contribution in [2.24, 2.45) is 0 Å². The first-order valence-corrected chi connectivity index (χ1v) is 22.0. The molecule has 0 saturated heterocycles. The molecule has 1 aliphatic carbocycles. The van der Waals surface area contributed by atoms with Crippen LogP contribution in [-0.4, -0.2) is 19.7 Å². The largest absolute Gasteiger partial charge is 0.416 e. The highest BCUT2D eigenvalue weighted by Gasteiger charge is 2.43. The number of para-hydroxylation sites is 2. The van der Waals surface area contributed by atoms with Crippen LogP contribution in [-0.2, 0) is 10.8 Å². The van der Waals surface area contributed by atoms with Crippen molar-refractivity contribution in [3.05, 3.63) is 144 Å². The van der Waals surface area contributed by atoms with Crippen LogP contribution >= 0.6 is 0 Å². The van der Waals surface area contributed by atoms with Gasteiger partial charge in [0, 0.05) is 39.2 Å². The van der Waals surface area contributed by atoms with Crippen LogP contribution in [0, 0.1) is 0 Å². The Kier molecular flexibility index (Phi) is 10.6. The van der Waals surface area contributed by atoms with Gasteiger partial charge in [-0.1, -0.05) is 153 Å². The number of unbranched alkanes of at least 4 members (excludes halogenated alkanes) is 6. The third kappa shape index (κ3) is 7.19. The standard InChI is InChI=1S/C54H56N4O/c1-6-8-10-16-32-54(33-17-11-9-7-2)46-34-38(48-31-25-39(36-55-48)52-57-56-51(59-52)37-22-26-40(27-23-37)53(3,4)5)24-29-42(46)43-30-28-41(35-47(43)54)58-49-20-14-12-18-44(49)45-19-13-15-21-50(45)58/h12-15,18-31,34-36H,6-11,16-17,32-33H2,1-5H3. The number of aromatic nitrogens is 4. The second-order valence-electron chi connectivity index (χ2n) is 17.7. The minimum absolute atomic E-state index is 0.0808. The number of hydrogen-bond acceptors (Lipinski definition) is 4. The highest BCUT2D eigenvalue weighted by molar-refractivity contribution is 6.09. The minimum atomic E-state index is -0.0812. The number of benzene rings is 5. The quantitative estimate of drug-likeness (QED) is 0.103. The van der Waals surface area contributed by atoms with Gasteiger partial charge in [-0.3, -0.25) is 4.98 Å². The summed E-state index contributed by atoms with van der Waals surface area (Å²) in [7, 11) is 0. The molecular weight excluding hydrogens is 721 g/mol. The van der Waals surface area contributed by atoms with Crippen LogP contribution in [0.2, 0.25) is 0 Å². The van der Waals surface area contributed by atoms with Gasteiger partial charge < -0.3 is 8.98 Å². The molecular formula is C54H56N4O. The summed E-state index contributed by atoms with van der Waals surface area (Å²) in [6.07, 6.45) is 14.1. The van der Waals surface area contributed by atoms with Crippen molar-refractivity contribution in [1.82, 2.24) is 19.7 Å². The van der Waals surface area contributed by atoms with Gasteiger partial charge in [0.05, 0.1) is 22.3 Å². The van der Waals surface area contributed by atoms with Crippen LogP contribution < -0.4 is 0 Å². The second kappa shape index (κ2) is 16.1. The van der Waals surface area contributed by atoms with E-state index in [1.54, 1.807) is 0 Å². The Bertz CT molecular complexity index is 2660. The third-order valence-electron chi connectivity index (χ3n) is 12.8. The van der Waals surface area contributed by atoms with Crippen molar-refractivity contribution in [1.29, 1.82) is 0 Å². The van der Waals surface area contributed by atoms with Gasteiger partial charge in [0.2, 0.25) is 11.8 Å². The predicted octanol–water partition coefficient (Wildman–Crippen LogP) is 15.1. The van der Waals surface area contributed by atoms with Gasteiger partial charge in [-0.2, -0.15) is 0 Å². The molecule has 0 spiro atoms. The molecule has 5 nitrogen and oxygen atoms in total. The highest BCUT2D eigenvalue weighted by Crippen LogP contribution is 2.55. The smallest absolute Gasteiger partial charge is 0.249 e. The van der Waals surface area contributed by atoms with Crippen LogP contribution in [0.5, 0.6) is 0 Å². The lowest BCUT2D eigenvalue weighted by molar-refractivity contribution is 0.401. The van der Waals surface area contributed by atoms with Crippen LogP contribution in [0.25, 0.3) is 72.8 Å². The number of hydrogen-bond donors (Lipinski definition) is 0. The summed E-state index contributed by atoms with van der Waals surface area (Å²) in [5.41, 5.74) is 14.5. The molecule has 298 valence electrons. The Morgan fingerprint density at radius 3 is 1.71 bits per heavy atom. The molecule has 8 aromatic rings. The maximum absolute atomic E-state index is 6.18. The zero-order chi connectivity index (χ0) is 40.6. The van der Waals surface area contributed by atoms with Crippen LogP contribution in [0.4, 0.5) is 0 Å². The first-order chi connectivity index (χ1) is 28.8. The molecule has 0 saturated carbocycles. The summed E-state index contributed by atoms with van der Waals surface area (Å²) < 4.78 is 8.66. The number of pyridine rings is 1. The summed E-state index contributed by atoms with van der Waals surface area (Å²) in [5, 5.41) is 11.4. The normalized spacial score (nSPS) is 13.3. The first-order valence-electron chi connectivity index (χ1n) is 22.0. The summed E-state index contributed by atoms with van der Waals surface area (Å²) in [6, 6.07) is 44.7. The van der Waals surface area contributed by atoms with Gasteiger partial charge in [-0.05, 0) is 101 Å². The Morgan fingerprint density at radius 2 is 1.12 bits per heavy atom. The Balaban J connectivity index is 1.10. The molecule has 0 amide bonds. The Morgan fingerprint density at radius 1 is 0.559 bits per heavy atom. The average molecular weight is 777 g/mol. The number of fused-ring (bicyclic) bond motifs is 6. The Labute approximate surface area is 349 Å². The molecule has 0 N–H and O–H groups in total. The van der Waals surface area contributed by atoms with Crippen molar-refractivity contribution in [3.63, 3.8) is 0 Å². The summed E-state index contributed by atoms with van der Waals surface area (Å²) in [6.45, 7) is 11.3. The fourth-order valence-corrected chi connectivity index (χ4v) is 9.61. The van der Waals surface area contributed by atoms with Gasteiger partial charge in [-0.25, -0.2) is 0 Å². The molecule has 5 heteroatoms. The highest BCUT2D eigenvalue weighted by atomic mass is 16.4. The van der Waals surface area contributed by atoms with Crippen LogP contribution in [0.3, 0.4) is 0 Å². The number of nitrogens with zero attached hydrogens (tertiary/aromatic N) is 4. The summed E-state index contributed by atoms with van der Waals surface area (Å²) in [4.78, 5) is 5.02. The lowest BCUT2D eigenvalue weighted by Crippen LogP contribution is -2.26. The summed E-state index contributed by atoms with van der Waals surface area (Å²) in [5.74, 6) is 0.985. The Hall–Kier alpha value is -5.81. The monoisotopic (exact) mass is 776 g/mol. The lowest BCUT2D eigenvalue weighted by atomic mass is 9.70.